The fourth-order valence-corrected chi connectivity index (χ4v) is 2.64. The summed E-state index contributed by atoms with van der Waals surface area (Å²) in [5.74, 6) is 0. The first kappa shape index (κ1) is 12.8. The van der Waals surface area contributed by atoms with Crippen molar-refractivity contribution >= 4 is 32.7 Å². The summed E-state index contributed by atoms with van der Waals surface area (Å²) in [4.78, 5) is 17.6. The number of carbonyl (C=O) groups excluding carboxylic acids is 1. The third-order valence-corrected chi connectivity index (χ3v) is 3.58. The van der Waals surface area contributed by atoms with Gasteiger partial charge in [0.25, 0.3) is 0 Å². The maximum atomic E-state index is 11.6. The number of amides is 2. The van der Waals surface area contributed by atoms with Crippen LogP contribution in [0.5, 0.6) is 0 Å². The summed E-state index contributed by atoms with van der Waals surface area (Å²) in [5.41, 5.74) is 2.26. The minimum atomic E-state index is -0.147. The molecule has 0 fully saturated rings. The fourth-order valence-electron chi connectivity index (χ4n) is 1.73. The highest BCUT2D eigenvalue weighted by Gasteiger charge is 2.10. The molecule has 5 heteroatoms. The van der Waals surface area contributed by atoms with Crippen LogP contribution in [0.25, 0.3) is 10.2 Å². The lowest BCUT2D eigenvalue weighted by Gasteiger charge is -2.09. The molecule has 0 spiro atoms. The highest BCUT2D eigenvalue weighted by Crippen LogP contribution is 2.28. The van der Waals surface area contributed by atoms with Crippen LogP contribution in [0.15, 0.2) is 18.2 Å². The first-order valence-corrected chi connectivity index (χ1v) is 6.80. The summed E-state index contributed by atoms with van der Waals surface area (Å²) in [6, 6.07) is 6.04. The van der Waals surface area contributed by atoms with Gasteiger partial charge >= 0.3 is 6.03 Å². The number of para-hydroxylation sites is 1. The number of nitrogens with zero attached hydrogens (tertiary/aromatic N) is 2. The van der Waals surface area contributed by atoms with E-state index in [2.05, 4.69) is 23.3 Å². The van der Waals surface area contributed by atoms with Gasteiger partial charge in [-0.25, -0.2) is 9.78 Å². The number of rotatable bonds is 3. The zero-order valence-electron chi connectivity index (χ0n) is 10.9. The molecule has 4 nitrogen and oxygen atoms in total. The topological polar surface area (TPSA) is 45.2 Å². The van der Waals surface area contributed by atoms with Crippen molar-refractivity contribution in [2.75, 3.05) is 19.4 Å². The van der Waals surface area contributed by atoms with Gasteiger partial charge in [0.15, 0.2) is 5.13 Å². The predicted octanol–water partition coefficient (Wildman–Crippen LogP) is 3.34. The lowest BCUT2D eigenvalue weighted by molar-refractivity contribution is 0.230. The van der Waals surface area contributed by atoms with E-state index >= 15 is 0 Å². The zero-order valence-corrected chi connectivity index (χ0v) is 11.7. The van der Waals surface area contributed by atoms with Crippen LogP contribution in [-0.2, 0) is 6.42 Å². The van der Waals surface area contributed by atoms with Crippen molar-refractivity contribution in [3.63, 3.8) is 0 Å². The molecule has 0 aliphatic rings. The van der Waals surface area contributed by atoms with Gasteiger partial charge in [-0.1, -0.05) is 36.8 Å². The van der Waals surface area contributed by atoms with Gasteiger partial charge in [0.1, 0.15) is 0 Å². The molecular formula is C13H17N3OS. The normalized spacial score (nSPS) is 10.6. The van der Waals surface area contributed by atoms with E-state index in [-0.39, 0.29) is 6.03 Å². The van der Waals surface area contributed by atoms with E-state index in [0.29, 0.717) is 5.13 Å². The second kappa shape index (κ2) is 5.35. The summed E-state index contributed by atoms with van der Waals surface area (Å²) in [6.07, 6.45) is 2.11. The van der Waals surface area contributed by atoms with E-state index in [1.54, 1.807) is 14.1 Å². The lowest BCUT2D eigenvalue weighted by atomic mass is 10.1. The Bertz CT molecular complexity index is 562. The van der Waals surface area contributed by atoms with Gasteiger partial charge in [-0.05, 0) is 18.1 Å². The highest BCUT2D eigenvalue weighted by atomic mass is 32.1. The fraction of sp³-hybridized carbons (Fsp3) is 0.385. The molecule has 0 saturated carbocycles. The maximum Gasteiger partial charge on any atom is 0.323 e. The van der Waals surface area contributed by atoms with Gasteiger partial charge in [0.2, 0.25) is 0 Å². The summed E-state index contributed by atoms with van der Waals surface area (Å²) in [5, 5.41) is 3.45. The third kappa shape index (κ3) is 2.61. The number of benzene rings is 1. The van der Waals surface area contributed by atoms with Crippen LogP contribution in [0.4, 0.5) is 9.93 Å². The second-order valence-corrected chi connectivity index (χ2v) is 5.39. The van der Waals surface area contributed by atoms with Crippen LogP contribution in [0.1, 0.15) is 18.9 Å². The predicted molar refractivity (Wildman–Crippen MR) is 76.3 cm³/mol. The quantitative estimate of drug-likeness (QED) is 0.923. The largest absolute Gasteiger partial charge is 0.331 e. The molecule has 0 unspecified atom stereocenters. The first-order chi connectivity index (χ1) is 8.61. The van der Waals surface area contributed by atoms with Gasteiger partial charge in [-0.2, -0.15) is 0 Å². The number of fused-ring (bicyclic) bond motifs is 1. The van der Waals surface area contributed by atoms with Gasteiger partial charge in [0, 0.05) is 14.1 Å². The molecule has 2 amide bonds. The van der Waals surface area contributed by atoms with Crippen LogP contribution >= 0.6 is 11.3 Å². The molecule has 1 aromatic carbocycles. The van der Waals surface area contributed by atoms with Crippen molar-refractivity contribution in [1.29, 1.82) is 0 Å². The summed E-state index contributed by atoms with van der Waals surface area (Å²) in [7, 11) is 3.43. The van der Waals surface area contributed by atoms with Crippen molar-refractivity contribution in [2.24, 2.45) is 0 Å². The van der Waals surface area contributed by atoms with E-state index in [1.165, 1.54) is 21.8 Å². The highest BCUT2D eigenvalue weighted by molar-refractivity contribution is 7.22. The van der Waals surface area contributed by atoms with Gasteiger partial charge < -0.3 is 4.90 Å². The van der Waals surface area contributed by atoms with Crippen molar-refractivity contribution in [1.82, 2.24) is 9.88 Å². The molecule has 1 aromatic heterocycles. The number of hydrogen-bond acceptors (Lipinski definition) is 3. The molecular weight excluding hydrogens is 246 g/mol. The number of nitrogens with one attached hydrogen (secondary N) is 1. The average Bonchev–Trinajstić information content (AvgIpc) is 2.72. The number of aryl methyl sites for hydroxylation is 1. The van der Waals surface area contributed by atoms with Crippen molar-refractivity contribution < 1.29 is 4.79 Å². The minimum absolute atomic E-state index is 0.147. The molecule has 2 aromatic rings. The zero-order chi connectivity index (χ0) is 13.1. The van der Waals surface area contributed by atoms with E-state index in [9.17, 15) is 4.79 Å². The van der Waals surface area contributed by atoms with Gasteiger partial charge in [-0.3, -0.25) is 5.32 Å². The lowest BCUT2D eigenvalue weighted by Crippen LogP contribution is -2.27. The standard InChI is InChI=1S/C13H17N3OS/c1-4-6-9-7-5-8-10-11(9)14-12(18-10)15-13(17)16(2)3/h5,7-8H,4,6H2,1-3H3,(H,14,15,17). The Morgan fingerprint density at radius 1 is 1.44 bits per heavy atom. The van der Waals surface area contributed by atoms with Crippen molar-refractivity contribution in [3.8, 4) is 0 Å². The molecule has 1 N–H and O–H groups in total. The van der Waals surface area contributed by atoms with Crippen LogP contribution in [0.3, 0.4) is 0 Å². The first-order valence-electron chi connectivity index (χ1n) is 5.98. The van der Waals surface area contributed by atoms with Gasteiger partial charge in [0.05, 0.1) is 10.2 Å². The van der Waals surface area contributed by atoms with Crippen LogP contribution < -0.4 is 5.32 Å². The van der Waals surface area contributed by atoms with Gasteiger partial charge in [-0.15, -0.1) is 0 Å². The van der Waals surface area contributed by atoms with E-state index in [1.807, 2.05) is 12.1 Å². The molecule has 0 bridgehead atoms. The number of carbonyl (C=O) groups is 1. The number of thiazole rings is 1. The Labute approximate surface area is 111 Å². The van der Waals surface area contributed by atoms with Crippen LogP contribution in [0.2, 0.25) is 0 Å². The summed E-state index contributed by atoms with van der Waals surface area (Å²) in [6.45, 7) is 2.15. The Hall–Kier alpha value is -1.62. The molecule has 0 saturated heterocycles. The Morgan fingerprint density at radius 3 is 2.89 bits per heavy atom. The number of urea groups is 1. The molecule has 0 aliphatic heterocycles. The minimum Gasteiger partial charge on any atom is -0.331 e. The van der Waals surface area contributed by atoms with Crippen molar-refractivity contribution in [3.05, 3.63) is 23.8 Å². The molecule has 18 heavy (non-hydrogen) atoms. The Morgan fingerprint density at radius 2 is 2.22 bits per heavy atom. The third-order valence-electron chi connectivity index (χ3n) is 2.64. The average molecular weight is 263 g/mol. The molecule has 0 aliphatic carbocycles. The molecule has 0 atom stereocenters. The van der Waals surface area contributed by atoms with E-state index in [4.69, 9.17) is 0 Å². The maximum absolute atomic E-state index is 11.6. The summed E-state index contributed by atoms with van der Waals surface area (Å²) < 4.78 is 1.12. The SMILES string of the molecule is CCCc1cccc2sc(NC(=O)N(C)C)nc12. The molecule has 1 heterocycles. The van der Waals surface area contributed by atoms with E-state index in [0.717, 1.165) is 23.1 Å². The Kier molecular flexibility index (Phi) is 3.81. The second-order valence-electron chi connectivity index (χ2n) is 4.36. The Balaban J connectivity index is 2.32. The monoisotopic (exact) mass is 263 g/mol. The van der Waals surface area contributed by atoms with E-state index < -0.39 is 0 Å². The smallest absolute Gasteiger partial charge is 0.323 e. The number of hydrogen-bond donors (Lipinski definition) is 1. The van der Waals surface area contributed by atoms with Crippen LogP contribution in [-0.4, -0.2) is 30.0 Å². The van der Waals surface area contributed by atoms with Crippen molar-refractivity contribution in [2.45, 2.75) is 19.8 Å². The van der Waals surface area contributed by atoms with Crippen LogP contribution in [0, 0.1) is 0 Å². The summed E-state index contributed by atoms with van der Waals surface area (Å²) >= 11 is 1.51. The molecule has 0 radical (unpaired) electrons. The molecule has 96 valence electrons. The molecule has 2 rings (SSSR count). The number of aromatic nitrogens is 1. The number of anilines is 1.